The largest absolute Gasteiger partial charge is 0.193 e. The van der Waals surface area contributed by atoms with E-state index in [1.807, 2.05) is 12.2 Å². The molecule has 0 heterocycles. The lowest BCUT2D eigenvalue weighted by molar-refractivity contribution is 0.548. The summed E-state index contributed by atoms with van der Waals surface area (Å²) < 4.78 is 0. The molecule has 58 valence electrons. The Morgan fingerprint density at radius 1 is 1.00 bits per heavy atom. The van der Waals surface area contributed by atoms with Crippen molar-refractivity contribution in [3.8, 4) is 12.1 Å². The van der Waals surface area contributed by atoms with Gasteiger partial charge in [-0.3, -0.25) is 0 Å². The summed E-state index contributed by atoms with van der Waals surface area (Å²) in [5.41, 5.74) is 1.77. The molecule has 0 N–H and O–H groups in total. The van der Waals surface area contributed by atoms with Gasteiger partial charge in [-0.2, -0.15) is 10.5 Å². The van der Waals surface area contributed by atoms with Crippen molar-refractivity contribution in [3.05, 3.63) is 23.3 Å². The molecule has 2 atom stereocenters. The maximum Gasteiger partial charge on any atom is 0.0944 e. The molecule has 2 rings (SSSR count). The third-order valence-corrected chi connectivity index (χ3v) is 2.58. The van der Waals surface area contributed by atoms with E-state index in [9.17, 15) is 0 Å². The van der Waals surface area contributed by atoms with Gasteiger partial charge in [0.25, 0.3) is 0 Å². The highest BCUT2D eigenvalue weighted by Gasteiger charge is 2.31. The summed E-state index contributed by atoms with van der Waals surface area (Å²) in [4.78, 5) is 0. The molecule has 0 saturated carbocycles. The Labute approximate surface area is 71.4 Å². The molecule has 0 spiro atoms. The highest BCUT2D eigenvalue weighted by Crippen LogP contribution is 2.40. The fourth-order valence-corrected chi connectivity index (χ4v) is 1.99. The Bertz CT molecular complexity index is 313. The first-order valence-electron chi connectivity index (χ1n) is 4.05. The van der Waals surface area contributed by atoms with E-state index in [0.717, 1.165) is 24.0 Å². The quantitative estimate of drug-likeness (QED) is 0.538. The van der Waals surface area contributed by atoms with Crippen LogP contribution in [0.4, 0.5) is 0 Å². The maximum absolute atomic E-state index is 8.64. The van der Waals surface area contributed by atoms with Crippen LogP contribution in [0.25, 0.3) is 0 Å². The SMILES string of the molecule is N#CC1=CC2CC(C#N)=CC2C1. The fourth-order valence-electron chi connectivity index (χ4n) is 1.99. The summed E-state index contributed by atoms with van der Waals surface area (Å²) in [6.07, 6.45) is 5.72. The number of rotatable bonds is 0. The molecule has 2 heteroatoms. The molecule has 2 aliphatic carbocycles. The molecule has 0 aliphatic heterocycles. The fraction of sp³-hybridized carbons (Fsp3) is 0.400. The van der Waals surface area contributed by atoms with E-state index in [1.165, 1.54) is 0 Å². The summed E-state index contributed by atoms with van der Waals surface area (Å²) in [7, 11) is 0. The van der Waals surface area contributed by atoms with Crippen LogP contribution in [0.15, 0.2) is 23.3 Å². The van der Waals surface area contributed by atoms with E-state index in [2.05, 4.69) is 12.1 Å². The molecule has 0 bridgehead atoms. The predicted molar refractivity (Wildman–Crippen MR) is 43.6 cm³/mol. The summed E-state index contributed by atoms with van der Waals surface area (Å²) in [6.45, 7) is 0. The van der Waals surface area contributed by atoms with Gasteiger partial charge in [0.2, 0.25) is 0 Å². The topological polar surface area (TPSA) is 47.6 Å². The van der Waals surface area contributed by atoms with Gasteiger partial charge in [-0.15, -0.1) is 0 Å². The number of fused-ring (bicyclic) bond motifs is 1. The second-order valence-electron chi connectivity index (χ2n) is 3.34. The molecule has 2 nitrogen and oxygen atoms in total. The van der Waals surface area contributed by atoms with E-state index in [0.29, 0.717) is 11.8 Å². The third-order valence-electron chi connectivity index (χ3n) is 2.58. The van der Waals surface area contributed by atoms with Gasteiger partial charge in [0, 0.05) is 11.1 Å². The van der Waals surface area contributed by atoms with Crippen LogP contribution in [0.2, 0.25) is 0 Å². The van der Waals surface area contributed by atoms with Gasteiger partial charge in [0.1, 0.15) is 0 Å². The zero-order valence-electron chi connectivity index (χ0n) is 6.62. The van der Waals surface area contributed by atoms with Crippen LogP contribution in [0.3, 0.4) is 0 Å². The molecule has 0 radical (unpaired) electrons. The van der Waals surface area contributed by atoms with E-state index in [4.69, 9.17) is 10.5 Å². The average molecular weight is 156 g/mol. The molecule has 0 amide bonds. The van der Waals surface area contributed by atoms with Gasteiger partial charge in [-0.1, -0.05) is 12.2 Å². The van der Waals surface area contributed by atoms with E-state index in [1.54, 1.807) is 0 Å². The molecule has 0 aromatic carbocycles. The van der Waals surface area contributed by atoms with Crippen molar-refractivity contribution in [2.45, 2.75) is 12.8 Å². The lowest BCUT2D eigenvalue weighted by atomic mass is 9.99. The summed E-state index contributed by atoms with van der Waals surface area (Å²) >= 11 is 0. The Kier molecular flexibility index (Phi) is 1.48. The third kappa shape index (κ3) is 0.933. The van der Waals surface area contributed by atoms with Crippen molar-refractivity contribution in [3.63, 3.8) is 0 Å². The Morgan fingerprint density at radius 3 is 1.75 bits per heavy atom. The summed E-state index contributed by atoms with van der Waals surface area (Å²) in [5.74, 6) is 0.878. The minimum Gasteiger partial charge on any atom is -0.193 e. The predicted octanol–water partition coefficient (Wildman–Crippen LogP) is 1.93. The van der Waals surface area contributed by atoms with Crippen LogP contribution in [0.5, 0.6) is 0 Å². The molecule has 0 aromatic heterocycles. The number of hydrogen-bond acceptors (Lipinski definition) is 2. The summed E-state index contributed by atoms with van der Waals surface area (Å²) in [6, 6.07) is 4.35. The van der Waals surface area contributed by atoms with Crippen LogP contribution < -0.4 is 0 Å². The van der Waals surface area contributed by atoms with Crippen molar-refractivity contribution in [2.24, 2.45) is 11.8 Å². The van der Waals surface area contributed by atoms with Gasteiger partial charge < -0.3 is 0 Å². The highest BCUT2D eigenvalue weighted by molar-refractivity contribution is 5.37. The Hall–Kier alpha value is -1.54. The number of hydrogen-bond donors (Lipinski definition) is 0. The molecular formula is C10H8N2. The van der Waals surface area contributed by atoms with Gasteiger partial charge in [0.15, 0.2) is 0 Å². The summed E-state index contributed by atoms with van der Waals surface area (Å²) in [5, 5.41) is 17.3. The van der Waals surface area contributed by atoms with Gasteiger partial charge in [-0.05, 0) is 24.7 Å². The minimum absolute atomic E-state index is 0.439. The zero-order valence-corrected chi connectivity index (χ0v) is 6.62. The Balaban J connectivity index is 2.17. The van der Waals surface area contributed by atoms with E-state index >= 15 is 0 Å². The first-order chi connectivity index (χ1) is 5.83. The lowest BCUT2D eigenvalue weighted by Gasteiger charge is -2.03. The van der Waals surface area contributed by atoms with Crippen molar-refractivity contribution in [1.82, 2.24) is 0 Å². The molecule has 12 heavy (non-hydrogen) atoms. The number of nitrogens with zero attached hydrogens (tertiary/aromatic N) is 2. The van der Waals surface area contributed by atoms with Crippen molar-refractivity contribution in [2.75, 3.05) is 0 Å². The molecule has 0 fully saturated rings. The van der Waals surface area contributed by atoms with Crippen molar-refractivity contribution >= 4 is 0 Å². The van der Waals surface area contributed by atoms with Gasteiger partial charge in [-0.25, -0.2) is 0 Å². The average Bonchev–Trinajstić information content (AvgIpc) is 2.59. The maximum atomic E-state index is 8.64. The number of nitriles is 2. The lowest BCUT2D eigenvalue weighted by Crippen LogP contribution is -1.97. The molecule has 0 aromatic rings. The van der Waals surface area contributed by atoms with E-state index < -0.39 is 0 Å². The van der Waals surface area contributed by atoms with E-state index in [-0.39, 0.29) is 0 Å². The first kappa shape index (κ1) is 7.13. The number of allylic oxidation sites excluding steroid dienone is 4. The van der Waals surface area contributed by atoms with Crippen LogP contribution in [0.1, 0.15) is 12.8 Å². The van der Waals surface area contributed by atoms with Crippen LogP contribution in [0, 0.1) is 34.5 Å². The second-order valence-corrected chi connectivity index (χ2v) is 3.34. The molecule has 2 unspecified atom stereocenters. The molecule has 2 aliphatic rings. The second kappa shape index (κ2) is 2.50. The normalized spacial score (nSPS) is 31.5. The van der Waals surface area contributed by atoms with Crippen molar-refractivity contribution in [1.29, 1.82) is 10.5 Å². The molecule has 0 saturated heterocycles. The first-order valence-corrected chi connectivity index (χ1v) is 4.05. The monoisotopic (exact) mass is 156 g/mol. The van der Waals surface area contributed by atoms with Gasteiger partial charge in [0.05, 0.1) is 12.1 Å². The smallest absolute Gasteiger partial charge is 0.0944 e. The van der Waals surface area contributed by atoms with Crippen molar-refractivity contribution < 1.29 is 0 Å². The highest BCUT2D eigenvalue weighted by atomic mass is 14.4. The molecular weight excluding hydrogens is 148 g/mol. The Morgan fingerprint density at radius 2 is 1.42 bits per heavy atom. The van der Waals surface area contributed by atoms with Crippen LogP contribution in [-0.2, 0) is 0 Å². The van der Waals surface area contributed by atoms with Gasteiger partial charge >= 0.3 is 0 Å². The minimum atomic E-state index is 0.439. The zero-order chi connectivity index (χ0) is 8.55. The standard InChI is InChI=1S/C10H8N2/c11-5-7-1-9-3-8(6-12)4-10(9)2-7/h1,4,9-10H,2-3H2. The van der Waals surface area contributed by atoms with Crippen LogP contribution in [-0.4, -0.2) is 0 Å². The van der Waals surface area contributed by atoms with Crippen LogP contribution >= 0.6 is 0 Å².